The van der Waals surface area contributed by atoms with Crippen molar-refractivity contribution in [2.75, 3.05) is 19.6 Å². The van der Waals surface area contributed by atoms with E-state index in [0.717, 1.165) is 35.3 Å². The van der Waals surface area contributed by atoms with E-state index in [1.54, 1.807) is 4.90 Å². The maximum Gasteiger partial charge on any atom is 0.222 e. The number of nitrogens with one attached hydrogen (secondary N) is 1. The fourth-order valence-electron chi connectivity index (χ4n) is 3.60. The molecule has 2 aromatic rings. The van der Waals surface area contributed by atoms with Gasteiger partial charge in [-0.15, -0.1) is 0 Å². The maximum atomic E-state index is 11.7. The molecule has 2 N–H and O–H groups in total. The highest BCUT2D eigenvalue weighted by Crippen LogP contribution is 2.32. The van der Waals surface area contributed by atoms with Crippen LogP contribution in [0.3, 0.4) is 0 Å². The van der Waals surface area contributed by atoms with Gasteiger partial charge in [0.2, 0.25) is 5.91 Å². The van der Waals surface area contributed by atoms with Crippen LogP contribution in [0, 0.1) is 12.8 Å². The lowest BCUT2D eigenvalue weighted by Crippen LogP contribution is -2.40. The highest BCUT2D eigenvalue weighted by Gasteiger charge is 2.26. The molecule has 1 aromatic heterocycles. The fraction of sp³-hybridized carbons (Fsp3) is 0.550. The molecule has 1 aromatic carbocycles. The van der Waals surface area contributed by atoms with Gasteiger partial charge in [-0.25, -0.2) is 0 Å². The number of aliphatic hydroxyl groups excluding tert-OH is 1. The first-order valence-corrected chi connectivity index (χ1v) is 9.14. The van der Waals surface area contributed by atoms with Gasteiger partial charge in [0, 0.05) is 31.4 Å². The van der Waals surface area contributed by atoms with Crippen LogP contribution in [0.25, 0.3) is 11.0 Å². The average molecular weight is 344 g/mol. The van der Waals surface area contributed by atoms with E-state index >= 15 is 0 Å². The van der Waals surface area contributed by atoms with Crippen LogP contribution in [0.1, 0.15) is 44.1 Å². The molecular formula is C20H28N2O3. The minimum atomic E-state index is -0.576. The molecule has 0 bridgehead atoms. The van der Waals surface area contributed by atoms with Crippen LogP contribution < -0.4 is 5.32 Å². The Balaban J connectivity index is 1.68. The van der Waals surface area contributed by atoms with Crippen molar-refractivity contribution in [1.29, 1.82) is 0 Å². The summed E-state index contributed by atoms with van der Waals surface area (Å²) in [6.07, 6.45) is 0.923. The number of carbonyl (C=O) groups excluding carboxylic acids is 1. The van der Waals surface area contributed by atoms with E-state index in [0.29, 0.717) is 25.4 Å². The molecule has 2 heterocycles. The summed E-state index contributed by atoms with van der Waals surface area (Å²) >= 11 is 0. The molecule has 5 heteroatoms. The minimum absolute atomic E-state index is 0.0244. The van der Waals surface area contributed by atoms with E-state index in [-0.39, 0.29) is 11.9 Å². The van der Waals surface area contributed by atoms with Crippen LogP contribution in [0.4, 0.5) is 0 Å². The van der Waals surface area contributed by atoms with E-state index in [9.17, 15) is 9.90 Å². The largest absolute Gasteiger partial charge is 0.459 e. The molecule has 5 nitrogen and oxygen atoms in total. The second-order valence-corrected chi connectivity index (χ2v) is 7.31. The van der Waals surface area contributed by atoms with E-state index in [2.05, 4.69) is 32.2 Å². The molecule has 136 valence electrons. The number of furan rings is 1. The Morgan fingerprint density at radius 3 is 2.72 bits per heavy atom. The normalized spacial score (nSPS) is 17.6. The third-order valence-corrected chi connectivity index (χ3v) is 5.01. The van der Waals surface area contributed by atoms with E-state index in [1.165, 1.54) is 0 Å². The van der Waals surface area contributed by atoms with Gasteiger partial charge in [0.25, 0.3) is 0 Å². The summed E-state index contributed by atoms with van der Waals surface area (Å²) in [5.74, 6) is 1.40. The van der Waals surface area contributed by atoms with Crippen molar-refractivity contribution in [1.82, 2.24) is 10.2 Å². The van der Waals surface area contributed by atoms with Crippen LogP contribution in [0.2, 0.25) is 0 Å². The Kier molecular flexibility index (Phi) is 5.45. The van der Waals surface area contributed by atoms with Gasteiger partial charge in [0.05, 0.1) is 12.1 Å². The number of benzene rings is 1. The zero-order chi connectivity index (χ0) is 18.0. The molecule has 1 aliphatic rings. The predicted molar refractivity (Wildman–Crippen MR) is 98.4 cm³/mol. The number of hydrogen-bond donors (Lipinski definition) is 2. The molecule has 1 saturated heterocycles. The highest BCUT2D eigenvalue weighted by molar-refractivity contribution is 5.82. The third-order valence-electron chi connectivity index (χ3n) is 5.01. The molecule has 0 aliphatic carbocycles. The second-order valence-electron chi connectivity index (χ2n) is 7.31. The number of nitrogens with zero attached hydrogens (tertiary/aromatic N) is 1. The lowest BCUT2D eigenvalue weighted by atomic mass is 9.98. The predicted octanol–water partition coefficient (Wildman–Crippen LogP) is 3.01. The molecule has 25 heavy (non-hydrogen) atoms. The first-order chi connectivity index (χ1) is 12.0. The summed E-state index contributed by atoms with van der Waals surface area (Å²) in [7, 11) is 0. The van der Waals surface area contributed by atoms with E-state index in [4.69, 9.17) is 4.42 Å². The molecular weight excluding hydrogens is 316 g/mol. The lowest BCUT2D eigenvalue weighted by Gasteiger charge is -2.25. The van der Waals surface area contributed by atoms with Gasteiger partial charge in [-0.05, 0) is 30.9 Å². The number of amides is 1. The van der Waals surface area contributed by atoms with Gasteiger partial charge in [0.1, 0.15) is 11.3 Å². The van der Waals surface area contributed by atoms with Gasteiger partial charge in [-0.1, -0.05) is 32.0 Å². The molecule has 0 saturated carbocycles. The molecule has 0 spiro atoms. The van der Waals surface area contributed by atoms with Crippen molar-refractivity contribution in [3.63, 3.8) is 0 Å². The number of aliphatic hydroxyl groups is 1. The molecule has 0 radical (unpaired) electrons. The maximum absolute atomic E-state index is 11.7. The van der Waals surface area contributed by atoms with Crippen LogP contribution in [-0.4, -0.2) is 41.7 Å². The van der Waals surface area contributed by atoms with Gasteiger partial charge in [-0.3, -0.25) is 4.79 Å². The molecule has 2 unspecified atom stereocenters. The summed E-state index contributed by atoms with van der Waals surface area (Å²) in [4.78, 5) is 13.5. The first kappa shape index (κ1) is 18.0. The third kappa shape index (κ3) is 3.88. The SMILES string of the molecule is Cc1c(C(NCC(O)CN2CCCC2=O)C(C)C)oc2ccccc12. The number of fused-ring (bicyclic) bond motifs is 1. The number of para-hydroxylation sites is 1. The number of aryl methyl sites for hydroxylation is 1. The van der Waals surface area contributed by atoms with E-state index in [1.807, 2.05) is 18.2 Å². The molecule has 3 rings (SSSR count). The van der Waals surface area contributed by atoms with Crippen LogP contribution in [0.5, 0.6) is 0 Å². The monoisotopic (exact) mass is 344 g/mol. The summed E-state index contributed by atoms with van der Waals surface area (Å²) in [6, 6.07) is 8.07. The van der Waals surface area contributed by atoms with Crippen molar-refractivity contribution in [3.05, 3.63) is 35.6 Å². The van der Waals surface area contributed by atoms with Gasteiger partial charge in [-0.2, -0.15) is 0 Å². The zero-order valence-corrected chi connectivity index (χ0v) is 15.3. The number of carbonyl (C=O) groups is 1. The Morgan fingerprint density at radius 1 is 1.32 bits per heavy atom. The zero-order valence-electron chi connectivity index (χ0n) is 15.3. The van der Waals surface area contributed by atoms with Gasteiger partial charge >= 0.3 is 0 Å². The van der Waals surface area contributed by atoms with Crippen LogP contribution in [-0.2, 0) is 4.79 Å². The van der Waals surface area contributed by atoms with Crippen molar-refractivity contribution in [3.8, 4) is 0 Å². The quantitative estimate of drug-likeness (QED) is 0.810. The van der Waals surface area contributed by atoms with Crippen molar-refractivity contribution >= 4 is 16.9 Å². The standard InChI is InChI=1S/C20H28N2O3/c1-13(2)19(20-14(3)16-7-4-5-8-17(16)25-20)21-11-15(23)12-22-10-6-9-18(22)24/h4-5,7-8,13,15,19,21,23H,6,9-12H2,1-3H3. The van der Waals surface area contributed by atoms with Crippen molar-refractivity contribution in [2.45, 2.75) is 45.8 Å². The van der Waals surface area contributed by atoms with Gasteiger partial charge in [0.15, 0.2) is 0 Å². The highest BCUT2D eigenvalue weighted by atomic mass is 16.3. The number of likely N-dealkylation sites (tertiary alicyclic amines) is 1. The number of hydrogen-bond acceptors (Lipinski definition) is 4. The first-order valence-electron chi connectivity index (χ1n) is 9.14. The van der Waals surface area contributed by atoms with Crippen LogP contribution in [0.15, 0.2) is 28.7 Å². The summed E-state index contributed by atoms with van der Waals surface area (Å²) < 4.78 is 6.10. The number of rotatable bonds is 7. The Labute approximate surface area is 149 Å². The number of β-amino-alcohol motifs (C(OH)–C–C–N with tert-alkyl or cyclic N) is 1. The Bertz CT molecular complexity index is 738. The Hall–Kier alpha value is -1.85. The smallest absolute Gasteiger partial charge is 0.222 e. The Morgan fingerprint density at radius 2 is 2.08 bits per heavy atom. The van der Waals surface area contributed by atoms with Crippen LogP contribution >= 0.6 is 0 Å². The van der Waals surface area contributed by atoms with Gasteiger partial charge < -0.3 is 19.7 Å². The molecule has 1 fully saturated rings. The molecule has 1 aliphatic heterocycles. The van der Waals surface area contributed by atoms with Crippen molar-refractivity contribution < 1.29 is 14.3 Å². The summed E-state index contributed by atoms with van der Waals surface area (Å²) in [6.45, 7) is 7.95. The molecule has 2 atom stereocenters. The average Bonchev–Trinajstić information content (AvgIpc) is 3.12. The van der Waals surface area contributed by atoms with Crippen molar-refractivity contribution in [2.24, 2.45) is 5.92 Å². The second kappa shape index (κ2) is 7.58. The topological polar surface area (TPSA) is 65.7 Å². The van der Waals surface area contributed by atoms with E-state index < -0.39 is 6.10 Å². The summed E-state index contributed by atoms with van der Waals surface area (Å²) in [5.41, 5.74) is 2.04. The summed E-state index contributed by atoms with van der Waals surface area (Å²) in [5, 5.41) is 14.9. The minimum Gasteiger partial charge on any atom is -0.459 e. The molecule has 1 amide bonds. The fourth-order valence-corrected chi connectivity index (χ4v) is 3.60. The lowest BCUT2D eigenvalue weighted by molar-refractivity contribution is -0.128.